The Morgan fingerprint density at radius 2 is 1.04 bits per heavy atom. The van der Waals surface area contributed by atoms with E-state index in [0.29, 0.717) is 22.8 Å². The summed E-state index contributed by atoms with van der Waals surface area (Å²) in [7, 11) is 0. The lowest BCUT2D eigenvalue weighted by Gasteiger charge is -2.04. The predicted molar refractivity (Wildman–Crippen MR) is 101 cm³/mol. The van der Waals surface area contributed by atoms with Crippen LogP contribution in [0.1, 0.15) is 31.8 Å². The number of H-pyrrole nitrogens is 1. The topological polar surface area (TPSA) is 72.3 Å². The van der Waals surface area contributed by atoms with E-state index in [-0.39, 0.29) is 11.8 Å². The number of aromatic amines is 1. The summed E-state index contributed by atoms with van der Waals surface area (Å²) in [5, 5.41) is 5.59. The molecule has 0 bridgehead atoms. The molecule has 0 spiro atoms. The van der Waals surface area contributed by atoms with Gasteiger partial charge < -0.3 is 0 Å². The normalized spacial score (nSPS) is 10.2. The highest BCUT2D eigenvalue weighted by Crippen LogP contribution is 2.10. The van der Waals surface area contributed by atoms with Gasteiger partial charge in [-0.1, -0.05) is 35.4 Å². The Morgan fingerprint density at radius 1 is 0.654 bits per heavy atom. The zero-order valence-electron chi connectivity index (χ0n) is 14.7. The number of nitrogens with one attached hydrogen (secondary N) is 3. The molecular formula is C21H20N3O2+. The van der Waals surface area contributed by atoms with Gasteiger partial charge in [-0.2, -0.15) is 0 Å². The van der Waals surface area contributed by atoms with Crippen LogP contribution in [0.5, 0.6) is 0 Å². The van der Waals surface area contributed by atoms with Gasteiger partial charge in [-0.25, -0.2) is 15.6 Å². The molecule has 0 atom stereocenters. The van der Waals surface area contributed by atoms with Gasteiger partial charge in [0.2, 0.25) is 11.6 Å². The first kappa shape index (κ1) is 17.4. The molecule has 2 amide bonds. The minimum absolute atomic E-state index is 0.219. The summed E-state index contributed by atoms with van der Waals surface area (Å²) in [5.41, 5.74) is 3.32. The Kier molecular flexibility index (Phi) is 5.08. The Bertz CT molecular complexity index is 857. The molecule has 0 saturated carbocycles. The summed E-state index contributed by atoms with van der Waals surface area (Å²) in [5.74, 6) is 0.557. The predicted octanol–water partition coefficient (Wildman–Crippen LogP) is 3.62. The summed E-state index contributed by atoms with van der Waals surface area (Å²) in [6.07, 6.45) is 0. The van der Waals surface area contributed by atoms with Crippen LogP contribution >= 0.6 is 0 Å². The summed E-state index contributed by atoms with van der Waals surface area (Å²) in [6, 6.07) is 19.8. The quantitative estimate of drug-likeness (QED) is 0.757. The lowest BCUT2D eigenvalue weighted by Crippen LogP contribution is -2.24. The molecular weight excluding hydrogens is 326 g/mol. The van der Waals surface area contributed by atoms with E-state index in [4.69, 9.17) is 0 Å². The van der Waals surface area contributed by atoms with E-state index in [1.807, 2.05) is 38.1 Å². The largest absolute Gasteiger partial charge is 0.311 e. The lowest BCUT2D eigenvalue weighted by molar-refractivity contribution is -0.343. The number of hydrogen-bond donors (Lipinski definition) is 2. The van der Waals surface area contributed by atoms with Crippen molar-refractivity contribution in [2.45, 2.75) is 13.8 Å². The molecule has 3 N–H and O–H groups in total. The third-order valence-corrected chi connectivity index (χ3v) is 3.92. The standard InChI is InChI=1S/C21H19N3O2/c1-14-6-10-16(11-7-14)20(25)23-18-4-3-5-19(22-18)24-21(26)17-12-8-15(2)9-13-17/h3-13H,1-2H3,(H2,22,23,24,25,26)/p+1. The van der Waals surface area contributed by atoms with E-state index in [1.165, 1.54) is 0 Å². The molecule has 0 radical (unpaired) electrons. The number of carbonyl (C=O) groups excluding carboxylic acids is 2. The lowest BCUT2D eigenvalue weighted by atomic mass is 10.1. The van der Waals surface area contributed by atoms with E-state index in [0.717, 1.165) is 11.1 Å². The van der Waals surface area contributed by atoms with Gasteiger partial charge in [0.05, 0.1) is 11.1 Å². The van der Waals surface area contributed by atoms with Gasteiger partial charge in [-0.05, 0) is 44.2 Å². The molecule has 0 fully saturated rings. The fourth-order valence-electron chi connectivity index (χ4n) is 2.41. The first-order chi connectivity index (χ1) is 12.5. The Hall–Kier alpha value is -3.47. The van der Waals surface area contributed by atoms with Gasteiger partial charge in [0, 0.05) is 12.1 Å². The Labute approximate surface area is 152 Å². The number of benzene rings is 2. The van der Waals surface area contributed by atoms with E-state index < -0.39 is 0 Å². The molecule has 5 heteroatoms. The minimum Gasteiger partial charge on any atom is -0.251 e. The van der Waals surface area contributed by atoms with Crippen LogP contribution < -0.4 is 15.6 Å². The van der Waals surface area contributed by atoms with Crippen molar-refractivity contribution >= 4 is 23.5 Å². The van der Waals surface area contributed by atoms with Crippen molar-refractivity contribution < 1.29 is 14.6 Å². The fourth-order valence-corrected chi connectivity index (χ4v) is 2.41. The van der Waals surface area contributed by atoms with Gasteiger partial charge in [-0.15, -0.1) is 0 Å². The smallest absolute Gasteiger partial charge is 0.251 e. The minimum atomic E-state index is -0.219. The molecule has 26 heavy (non-hydrogen) atoms. The van der Waals surface area contributed by atoms with Crippen molar-refractivity contribution in [2.24, 2.45) is 0 Å². The zero-order chi connectivity index (χ0) is 18.5. The molecule has 3 aromatic rings. The van der Waals surface area contributed by atoms with Crippen molar-refractivity contribution in [3.63, 3.8) is 0 Å². The van der Waals surface area contributed by atoms with Gasteiger partial charge in [0.25, 0.3) is 0 Å². The van der Waals surface area contributed by atoms with Crippen LogP contribution in [-0.2, 0) is 0 Å². The summed E-state index contributed by atoms with van der Waals surface area (Å²) >= 11 is 0. The maximum Gasteiger partial charge on any atom is 0.311 e. The first-order valence-corrected chi connectivity index (χ1v) is 8.29. The molecule has 3 rings (SSSR count). The van der Waals surface area contributed by atoms with Crippen molar-refractivity contribution in [1.29, 1.82) is 0 Å². The number of pyridine rings is 1. The molecule has 5 nitrogen and oxygen atoms in total. The van der Waals surface area contributed by atoms with Crippen LogP contribution in [-0.4, -0.2) is 11.8 Å². The second-order valence-corrected chi connectivity index (χ2v) is 6.12. The molecule has 0 saturated heterocycles. The average molecular weight is 346 g/mol. The highest BCUT2D eigenvalue weighted by atomic mass is 16.2. The van der Waals surface area contributed by atoms with Crippen LogP contribution in [0.3, 0.4) is 0 Å². The molecule has 0 aliphatic rings. The summed E-state index contributed by atoms with van der Waals surface area (Å²) < 4.78 is 0. The van der Waals surface area contributed by atoms with Crippen LogP contribution in [0.25, 0.3) is 0 Å². The summed E-state index contributed by atoms with van der Waals surface area (Å²) in [4.78, 5) is 27.6. The van der Waals surface area contributed by atoms with Crippen molar-refractivity contribution in [1.82, 2.24) is 0 Å². The van der Waals surface area contributed by atoms with Gasteiger partial charge in [0.1, 0.15) is 0 Å². The van der Waals surface area contributed by atoms with Crippen LogP contribution in [0.2, 0.25) is 0 Å². The second-order valence-electron chi connectivity index (χ2n) is 6.12. The number of rotatable bonds is 4. The highest BCUT2D eigenvalue weighted by molar-refractivity contribution is 6.04. The molecule has 0 aliphatic heterocycles. The average Bonchev–Trinajstić information content (AvgIpc) is 2.63. The van der Waals surface area contributed by atoms with Gasteiger partial charge in [-0.3, -0.25) is 9.59 Å². The third-order valence-electron chi connectivity index (χ3n) is 3.92. The number of hydrogen-bond acceptors (Lipinski definition) is 2. The van der Waals surface area contributed by atoms with Gasteiger partial charge in [0.15, 0.2) is 0 Å². The Balaban J connectivity index is 1.69. The molecule has 2 aromatic carbocycles. The van der Waals surface area contributed by atoms with Crippen molar-refractivity contribution in [3.8, 4) is 0 Å². The number of carbonyl (C=O) groups is 2. The van der Waals surface area contributed by atoms with E-state index in [1.54, 1.807) is 42.5 Å². The van der Waals surface area contributed by atoms with Crippen LogP contribution in [0.15, 0.2) is 66.7 Å². The molecule has 130 valence electrons. The number of aryl methyl sites for hydroxylation is 2. The van der Waals surface area contributed by atoms with E-state index in [2.05, 4.69) is 15.6 Å². The highest BCUT2D eigenvalue weighted by Gasteiger charge is 2.14. The molecule has 0 aliphatic carbocycles. The van der Waals surface area contributed by atoms with E-state index >= 15 is 0 Å². The third kappa shape index (κ3) is 4.33. The number of aromatic nitrogens is 1. The second kappa shape index (κ2) is 7.61. The van der Waals surface area contributed by atoms with Crippen molar-refractivity contribution in [3.05, 3.63) is 89.0 Å². The monoisotopic (exact) mass is 346 g/mol. The molecule has 0 unspecified atom stereocenters. The Morgan fingerprint density at radius 3 is 1.42 bits per heavy atom. The first-order valence-electron chi connectivity index (χ1n) is 8.29. The fraction of sp³-hybridized carbons (Fsp3) is 0.0952. The molecule has 1 heterocycles. The SMILES string of the molecule is Cc1ccc(C(=O)Nc2cccc(NC(=O)c3ccc(C)cc3)[nH+]2)cc1. The number of anilines is 2. The van der Waals surface area contributed by atoms with Crippen molar-refractivity contribution in [2.75, 3.05) is 10.6 Å². The zero-order valence-corrected chi connectivity index (χ0v) is 14.7. The van der Waals surface area contributed by atoms with Crippen LogP contribution in [0.4, 0.5) is 11.6 Å². The van der Waals surface area contributed by atoms with Gasteiger partial charge >= 0.3 is 11.8 Å². The number of amides is 2. The summed E-state index contributed by atoms with van der Waals surface area (Å²) in [6.45, 7) is 3.94. The van der Waals surface area contributed by atoms with Crippen LogP contribution in [0, 0.1) is 13.8 Å². The van der Waals surface area contributed by atoms with E-state index in [9.17, 15) is 9.59 Å². The molecule has 1 aromatic heterocycles. The maximum atomic E-state index is 12.3. The maximum absolute atomic E-state index is 12.3.